The molecule has 3 aromatic rings. The molecule has 0 spiro atoms. The van der Waals surface area contributed by atoms with Gasteiger partial charge in [-0.2, -0.15) is 0 Å². The molecule has 3 N–H and O–H groups in total. The number of aromatic amines is 1. The summed E-state index contributed by atoms with van der Waals surface area (Å²) in [6, 6.07) is 11.5. The Hall–Kier alpha value is -2.04. The van der Waals surface area contributed by atoms with Crippen molar-refractivity contribution in [1.82, 2.24) is 9.97 Å². The van der Waals surface area contributed by atoms with Crippen molar-refractivity contribution in [2.24, 2.45) is 5.92 Å². The van der Waals surface area contributed by atoms with Crippen molar-refractivity contribution in [2.75, 3.05) is 19.8 Å². The minimum atomic E-state index is -3.21. The molecule has 1 aromatic carbocycles. The number of rotatable bonds is 9. The minimum Gasteiger partial charge on any atom is -0.393 e. The Labute approximate surface area is 203 Å². The zero-order chi connectivity index (χ0) is 23.7. The first-order valence-electron chi connectivity index (χ1n) is 11.8. The van der Waals surface area contributed by atoms with Crippen LogP contribution in [0.5, 0.6) is 0 Å². The third-order valence-electron chi connectivity index (χ3n) is 6.83. The van der Waals surface area contributed by atoms with Crippen molar-refractivity contribution in [2.45, 2.75) is 54.3 Å². The summed E-state index contributed by atoms with van der Waals surface area (Å²) in [6.07, 6.45) is 3.53. The first-order chi connectivity index (χ1) is 16.5. The smallest absolute Gasteiger partial charge is 0.181 e. The van der Waals surface area contributed by atoms with Crippen molar-refractivity contribution in [3.8, 4) is 10.7 Å². The molecule has 5 rings (SSSR count). The van der Waals surface area contributed by atoms with Gasteiger partial charge in [0.05, 0.1) is 28.1 Å². The van der Waals surface area contributed by atoms with Gasteiger partial charge in [-0.15, -0.1) is 11.3 Å². The van der Waals surface area contributed by atoms with Crippen LogP contribution in [0.1, 0.15) is 61.1 Å². The molecule has 9 heteroatoms. The Morgan fingerprint density at radius 2 is 1.82 bits per heavy atom. The fraction of sp³-hybridized carbons (Fsp3) is 0.480. The van der Waals surface area contributed by atoms with E-state index in [1.165, 1.54) is 11.3 Å². The lowest BCUT2D eigenvalue weighted by Crippen LogP contribution is -2.19. The van der Waals surface area contributed by atoms with Gasteiger partial charge in [0.2, 0.25) is 0 Å². The maximum absolute atomic E-state index is 12.6. The maximum Gasteiger partial charge on any atom is 0.181 e. The Kier molecular flexibility index (Phi) is 6.90. The van der Waals surface area contributed by atoms with Gasteiger partial charge in [0.25, 0.3) is 0 Å². The monoisotopic (exact) mass is 502 g/mol. The predicted molar refractivity (Wildman–Crippen MR) is 131 cm³/mol. The van der Waals surface area contributed by atoms with E-state index in [1.807, 2.05) is 18.2 Å². The molecule has 2 unspecified atom stereocenters. The van der Waals surface area contributed by atoms with Gasteiger partial charge in [-0.3, -0.25) is 0 Å². The van der Waals surface area contributed by atoms with Gasteiger partial charge in [-0.25, -0.2) is 13.4 Å². The van der Waals surface area contributed by atoms with E-state index in [0.717, 1.165) is 67.3 Å². The highest BCUT2D eigenvalue weighted by Gasteiger charge is 2.37. The SMILES string of the molecule is O=S(=O)(c1ccc(C(CC2CCOCC2)c2ccc(-c3nc(C(O)CO)cs3)[nH]2)cc1)C1CC1. The average molecular weight is 503 g/mol. The van der Waals surface area contributed by atoms with E-state index in [1.54, 1.807) is 17.5 Å². The number of nitrogens with one attached hydrogen (secondary N) is 1. The lowest BCUT2D eigenvalue weighted by Gasteiger charge is -2.27. The molecule has 3 heterocycles. The number of benzene rings is 1. The summed E-state index contributed by atoms with van der Waals surface area (Å²) in [7, 11) is -3.21. The van der Waals surface area contributed by atoms with E-state index in [9.17, 15) is 18.6 Å². The average Bonchev–Trinajstić information content (AvgIpc) is 3.43. The van der Waals surface area contributed by atoms with Crippen LogP contribution in [-0.2, 0) is 14.6 Å². The zero-order valence-electron chi connectivity index (χ0n) is 18.9. The fourth-order valence-electron chi connectivity index (χ4n) is 4.62. The minimum absolute atomic E-state index is 0.0944. The number of aliphatic hydroxyl groups is 2. The largest absolute Gasteiger partial charge is 0.393 e. The van der Waals surface area contributed by atoms with Crippen molar-refractivity contribution >= 4 is 21.2 Å². The van der Waals surface area contributed by atoms with Crippen molar-refractivity contribution < 1.29 is 23.4 Å². The lowest BCUT2D eigenvalue weighted by molar-refractivity contribution is 0.0626. The van der Waals surface area contributed by atoms with Gasteiger partial charge >= 0.3 is 0 Å². The molecule has 2 aliphatic rings. The molecule has 7 nitrogen and oxygen atoms in total. The van der Waals surface area contributed by atoms with Gasteiger partial charge < -0.3 is 19.9 Å². The van der Waals surface area contributed by atoms with Crippen molar-refractivity contribution in [3.63, 3.8) is 0 Å². The van der Waals surface area contributed by atoms with Crippen LogP contribution in [-0.4, -0.2) is 53.7 Å². The summed E-state index contributed by atoms with van der Waals surface area (Å²) in [6.45, 7) is 1.20. The maximum atomic E-state index is 12.6. The molecule has 0 radical (unpaired) electrons. The molecular weight excluding hydrogens is 472 g/mol. The summed E-state index contributed by atoms with van der Waals surface area (Å²) in [5, 5.41) is 21.4. The van der Waals surface area contributed by atoms with Gasteiger partial charge in [0, 0.05) is 30.2 Å². The van der Waals surface area contributed by atoms with E-state index in [0.29, 0.717) is 16.5 Å². The molecule has 1 aliphatic heterocycles. The Bertz CT molecular complexity index is 1210. The third-order valence-corrected chi connectivity index (χ3v) is 10.0. The second-order valence-electron chi connectivity index (χ2n) is 9.26. The van der Waals surface area contributed by atoms with Crippen LogP contribution in [0.25, 0.3) is 10.7 Å². The Morgan fingerprint density at radius 3 is 2.50 bits per heavy atom. The fourth-order valence-corrected chi connectivity index (χ4v) is 7.12. The molecule has 2 fully saturated rings. The number of hydrogen-bond donors (Lipinski definition) is 3. The highest BCUT2D eigenvalue weighted by atomic mass is 32.2. The first kappa shape index (κ1) is 23.7. The quantitative estimate of drug-likeness (QED) is 0.407. The lowest BCUT2D eigenvalue weighted by atomic mass is 9.83. The molecule has 0 amide bonds. The molecule has 34 heavy (non-hydrogen) atoms. The Balaban J connectivity index is 1.43. The molecule has 2 atom stereocenters. The normalized spacial score (nSPS) is 19.2. The van der Waals surface area contributed by atoms with E-state index >= 15 is 0 Å². The summed E-state index contributed by atoms with van der Waals surface area (Å²) < 4.78 is 30.8. The number of thiazole rings is 1. The zero-order valence-corrected chi connectivity index (χ0v) is 20.5. The highest BCUT2D eigenvalue weighted by Crippen LogP contribution is 2.38. The van der Waals surface area contributed by atoms with Gasteiger partial charge in [0.15, 0.2) is 9.84 Å². The highest BCUT2D eigenvalue weighted by molar-refractivity contribution is 7.92. The second-order valence-corrected chi connectivity index (χ2v) is 12.3. The number of hydrogen-bond acceptors (Lipinski definition) is 7. The molecular formula is C25H30N2O5S2. The summed E-state index contributed by atoms with van der Waals surface area (Å²) in [5.41, 5.74) is 3.47. The Morgan fingerprint density at radius 1 is 1.09 bits per heavy atom. The van der Waals surface area contributed by atoms with Crippen LogP contribution in [0, 0.1) is 5.92 Å². The number of sulfone groups is 1. The van der Waals surface area contributed by atoms with E-state index in [2.05, 4.69) is 16.0 Å². The van der Waals surface area contributed by atoms with E-state index in [-0.39, 0.29) is 17.8 Å². The second kappa shape index (κ2) is 9.91. The summed E-state index contributed by atoms with van der Waals surface area (Å²) in [5.74, 6) is 0.628. The standard InChI is InChI=1S/C25H30N2O5S2/c28-14-24(29)23-15-33-25(27-23)22-8-7-21(26-22)20(13-16-9-11-32-12-10-16)17-1-3-18(4-2-17)34(30,31)19-5-6-19/h1-4,7-8,15-16,19-20,24,26,28-29H,5-6,9-14H2. The van der Waals surface area contributed by atoms with Gasteiger partial charge in [-0.05, 0) is 67.9 Å². The number of nitrogens with zero attached hydrogens (tertiary/aromatic N) is 1. The number of aliphatic hydroxyl groups excluding tert-OH is 2. The van der Waals surface area contributed by atoms with Crippen LogP contribution in [0.2, 0.25) is 0 Å². The van der Waals surface area contributed by atoms with Crippen LogP contribution in [0.15, 0.2) is 46.7 Å². The molecule has 1 aliphatic carbocycles. The van der Waals surface area contributed by atoms with Gasteiger partial charge in [0.1, 0.15) is 11.1 Å². The number of H-pyrrole nitrogens is 1. The van der Waals surface area contributed by atoms with Crippen LogP contribution < -0.4 is 0 Å². The predicted octanol–water partition coefficient (Wildman–Crippen LogP) is 4.05. The number of ether oxygens (including phenoxy) is 1. The summed E-state index contributed by atoms with van der Waals surface area (Å²) in [4.78, 5) is 8.39. The van der Waals surface area contributed by atoms with Crippen LogP contribution in [0.3, 0.4) is 0 Å². The molecule has 2 aromatic heterocycles. The third kappa shape index (κ3) is 4.99. The summed E-state index contributed by atoms with van der Waals surface area (Å²) >= 11 is 1.42. The number of aromatic nitrogens is 2. The van der Waals surface area contributed by atoms with Crippen LogP contribution >= 0.6 is 11.3 Å². The van der Waals surface area contributed by atoms with Crippen molar-refractivity contribution in [3.05, 3.63) is 58.7 Å². The first-order valence-corrected chi connectivity index (χ1v) is 14.2. The van der Waals surface area contributed by atoms with Gasteiger partial charge in [-0.1, -0.05) is 12.1 Å². The van der Waals surface area contributed by atoms with Crippen LogP contribution in [0.4, 0.5) is 0 Å². The van der Waals surface area contributed by atoms with E-state index < -0.39 is 15.9 Å². The molecule has 1 saturated carbocycles. The van der Waals surface area contributed by atoms with Crippen molar-refractivity contribution in [1.29, 1.82) is 0 Å². The molecule has 1 saturated heterocycles. The topological polar surface area (TPSA) is 113 Å². The molecule has 182 valence electrons. The van der Waals surface area contributed by atoms with E-state index in [4.69, 9.17) is 4.74 Å². The molecule has 0 bridgehead atoms.